The standard InChI is InChI=1S/C14H18ClNO3/c1-4-7-16-14(18)10(3)19-13-6-5-11(15)8-12(13)9(2)17/h4-6,8-10,17H,1,7H2,2-3H3,(H,16,18). The summed E-state index contributed by atoms with van der Waals surface area (Å²) in [5.74, 6) is 0.201. The monoisotopic (exact) mass is 283 g/mol. The SMILES string of the molecule is C=CCNC(=O)C(C)Oc1ccc(Cl)cc1C(C)O. The summed E-state index contributed by atoms with van der Waals surface area (Å²) in [6, 6.07) is 4.91. The van der Waals surface area contributed by atoms with E-state index in [9.17, 15) is 9.90 Å². The highest BCUT2D eigenvalue weighted by molar-refractivity contribution is 6.30. The normalized spacial score (nSPS) is 13.5. The van der Waals surface area contributed by atoms with Gasteiger partial charge in [0.2, 0.25) is 0 Å². The van der Waals surface area contributed by atoms with Crippen molar-refractivity contribution < 1.29 is 14.6 Å². The van der Waals surface area contributed by atoms with Gasteiger partial charge in [0.1, 0.15) is 5.75 Å². The maximum Gasteiger partial charge on any atom is 0.261 e. The minimum Gasteiger partial charge on any atom is -0.481 e. The van der Waals surface area contributed by atoms with Gasteiger partial charge in [-0.25, -0.2) is 0 Å². The number of carbonyl (C=O) groups excluding carboxylic acids is 1. The van der Waals surface area contributed by atoms with E-state index in [4.69, 9.17) is 16.3 Å². The Labute approximate surface area is 118 Å². The Kier molecular flexibility index (Phi) is 5.86. The number of halogens is 1. The molecule has 5 heteroatoms. The van der Waals surface area contributed by atoms with E-state index in [0.29, 0.717) is 22.9 Å². The van der Waals surface area contributed by atoms with Crippen LogP contribution in [0.25, 0.3) is 0 Å². The first-order chi connectivity index (χ1) is 8.95. The second-order valence-electron chi connectivity index (χ2n) is 4.15. The predicted molar refractivity (Wildman–Crippen MR) is 75.4 cm³/mol. The number of aliphatic hydroxyl groups is 1. The molecule has 0 saturated heterocycles. The van der Waals surface area contributed by atoms with E-state index >= 15 is 0 Å². The third kappa shape index (κ3) is 4.58. The van der Waals surface area contributed by atoms with E-state index in [0.717, 1.165) is 0 Å². The zero-order valence-corrected chi connectivity index (χ0v) is 11.8. The smallest absolute Gasteiger partial charge is 0.261 e. The number of amides is 1. The molecule has 1 aromatic rings. The Balaban J connectivity index is 2.81. The molecule has 1 amide bonds. The van der Waals surface area contributed by atoms with Crippen LogP contribution in [0.4, 0.5) is 0 Å². The molecule has 0 heterocycles. The third-order valence-electron chi connectivity index (χ3n) is 2.52. The molecular formula is C14H18ClNO3. The van der Waals surface area contributed by atoms with E-state index < -0.39 is 12.2 Å². The Morgan fingerprint density at radius 1 is 1.58 bits per heavy atom. The minimum atomic E-state index is -0.725. The molecule has 104 valence electrons. The molecule has 0 aromatic heterocycles. The number of ether oxygens (including phenoxy) is 1. The highest BCUT2D eigenvalue weighted by atomic mass is 35.5. The van der Waals surface area contributed by atoms with Crippen molar-refractivity contribution in [2.75, 3.05) is 6.54 Å². The van der Waals surface area contributed by atoms with Crippen molar-refractivity contribution >= 4 is 17.5 Å². The fraction of sp³-hybridized carbons (Fsp3) is 0.357. The number of rotatable bonds is 6. The molecule has 0 aliphatic heterocycles. The molecule has 0 spiro atoms. The van der Waals surface area contributed by atoms with Crippen LogP contribution in [0.15, 0.2) is 30.9 Å². The zero-order chi connectivity index (χ0) is 14.4. The number of carbonyl (C=O) groups is 1. The van der Waals surface area contributed by atoms with Gasteiger partial charge >= 0.3 is 0 Å². The number of benzene rings is 1. The second kappa shape index (κ2) is 7.16. The van der Waals surface area contributed by atoms with Gasteiger partial charge in [-0.1, -0.05) is 17.7 Å². The van der Waals surface area contributed by atoms with Crippen LogP contribution in [0.2, 0.25) is 5.02 Å². The molecule has 0 bridgehead atoms. The maximum absolute atomic E-state index is 11.7. The van der Waals surface area contributed by atoms with Gasteiger partial charge in [-0.05, 0) is 32.0 Å². The lowest BCUT2D eigenvalue weighted by molar-refractivity contribution is -0.127. The molecule has 0 fully saturated rings. The van der Waals surface area contributed by atoms with Crippen molar-refractivity contribution in [1.82, 2.24) is 5.32 Å². The lowest BCUT2D eigenvalue weighted by atomic mass is 10.1. The summed E-state index contributed by atoms with van der Waals surface area (Å²) in [5, 5.41) is 12.8. The first-order valence-corrected chi connectivity index (χ1v) is 6.36. The van der Waals surface area contributed by atoms with E-state index in [1.54, 1.807) is 38.1 Å². The summed E-state index contributed by atoms with van der Waals surface area (Å²) in [4.78, 5) is 11.7. The minimum absolute atomic E-state index is 0.244. The Morgan fingerprint density at radius 2 is 2.26 bits per heavy atom. The molecular weight excluding hydrogens is 266 g/mol. The van der Waals surface area contributed by atoms with Crippen LogP contribution in [0, 0.1) is 0 Å². The van der Waals surface area contributed by atoms with Crippen molar-refractivity contribution in [2.24, 2.45) is 0 Å². The van der Waals surface area contributed by atoms with Crippen LogP contribution in [0.1, 0.15) is 25.5 Å². The van der Waals surface area contributed by atoms with Gasteiger partial charge in [-0.2, -0.15) is 0 Å². The van der Waals surface area contributed by atoms with Crippen LogP contribution in [-0.4, -0.2) is 23.7 Å². The molecule has 1 rings (SSSR count). The fourth-order valence-corrected chi connectivity index (χ4v) is 1.69. The number of hydrogen-bond donors (Lipinski definition) is 2. The third-order valence-corrected chi connectivity index (χ3v) is 2.75. The quantitative estimate of drug-likeness (QED) is 0.789. The van der Waals surface area contributed by atoms with Gasteiger partial charge < -0.3 is 15.2 Å². The zero-order valence-electron chi connectivity index (χ0n) is 11.0. The number of nitrogens with one attached hydrogen (secondary N) is 1. The van der Waals surface area contributed by atoms with Crippen LogP contribution in [-0.2, 0) is 4.79 Å². The lowest BCUT2D eigenvalue weighted by Gasteiger charge is -2.18. The van der Waals surface area contributed by atoms with Gasteiger partial charge in [0.05, 0.1) is 6.10 Å². The summed E-state index contributed by atoms with van der Waals surface area (Å²) in [5.41, 5.74) is 0.552. The Hall–Kier alpha value is -1.52. The average molecular weight is 284 g/mol. The van der Waals surface area contributed by atoms with E-state index in [1.165, 1.54) is 0 Å². The van der Waals surface area contributed by atoms with E-state index in [-0.39, 0.29) is 5.91 Å². The highest BCUT2D eigenvalue weighted by Crippen LogP contribution is 2.29. The summed E-state index contributed by atoms with van der Waals surface area (Å²) in [7, 11) is 0. The second-order valence-corrected chi connectivity index (χ2v) is 4.59. The van der Waals surface area contributed by atoms with E-state index in [2.05, 4.69) is 11.9 Å². The fourth-order valence-electron chi connectivity index (χ4n) is 1.51. The molecule has 2 atom stereocenters. The van der Waals surface area contributed by atoms with Crippen molar-refractivity contribution in [3.05, 3.63) is 41.4 Å². The van der Waals surface area contributed by atoms with Gasteiger partial charge in [0, 0.05) is 17.1 Å². The Morgan fingerprint density at radius 3 is 2.84 bits per heavy atom. The molecule has 0 aliphatic rings. The van der Waals surface area contributed by atoms with Gasteiger partial charge in [-0.3, -0.25) is 4.79 Å². The summed E-state index contributed by atoms with van der Waals surface area (Å²) in [6.07, 6.45) is 0.199. The molecule has 0 radical (unpaired) electrons. The molecule has 0 aliphatic carbocycles. The van der Waals surface area contributed by atoms with Crippen LogP contribution >= 0.6 is 11.6 Å². The Bertz CT molecular complexity index is 460. The van der Waals surface area contributed by atoms with Crippen molar-refractivity contribution in [3.8, 4) is 5.75 Å². The molecule has 2 unspecified atom stereocenters. The van der Waals surface area contributed by atoms with Gasteiger partial charge in [0.15, 0.2) is 6.10 Å². The summed E-state index contributed by atoms with van der Waals surface area (Å²) >= 11 is 5.87. The van der Waals surface area contributed by atoms with Gasteiger partial charge in [0.25, 0.3) is 5.91 Å². The number of hydrogen-bond acceptors (Lipinski definition) is 3. The van der Waals surface area contributed by atoms with Crippen LogP contribution < -0.4 is 10.1 Å². The molecule has 19 heavy (non-hydrogen) atoms. The van der Waals surface area contributed by atoms with Crippen molar-refractivity contribution in [2.45, 2.75) is 26.1 Å². The molecule has 4 nitrogen and oxygen atoms in total. The largest absolute Gasteiger partial charge is 0.481 e. The first kappa shape index (κ1) is 15.5. The highest BCUT2D eigenvalue weighted by Gasteiger charge is 2.17. The molecule has 1 aromatic carbocycles. The van der Waals surface area contributed by atoms with Gasteiger partial charge in [-0.15, -0.1) is 6.58 Å². The molecule has 2 N–H and O–H groups in total. The summed E-state index contributed by atoms with van der Waals surface area (Å²) < 4.78 is 5.56. The van der Waals surface area contributed by atoms with Crippen LogP contribution in [0.3, 0.4) is 0 Å². The van der Waals surface area contributed by atoms with E-state index in [1.807, 2.05) is 0 Å². The first-order valence-electron chi connectivity index (χ1n) is 5.98. The number of aliphatic hydroxyl groups excluding tert-OH is 1. The molecule has 0 saturated carbocycles. The summed E-state index contributed by atoms with van der Waals surface area (Å²) in [6.45, 7) is 7.15. The lowest BCUT2D eigenvalue weighted by Crippen LogP contribution is -2.36. The maximum atomic E-state index is 11.7. The van der Waals surface area contributed by atoms with Crippen molar-refractivity contribution in [1.29, 1.82) is 0 Å². The predicted octanol–water partition coefficient (Wildman–Crippen LogP) is 2.46. The van der Waals surface area contributed by atoms with Crippen molar-refractivity contribution in [3.63, 3.8) is 0 Å². The topological polar surface area (TPSA) is 58.6 Å². The average Bonchev–Trinajstić information content (AvgIpc) is 2.37. The van der Waals surface area contributed by atoms with Crippen LogP contribution in [0.5, 0.6) is 5.75 Å².